The van der Waals surface area contributed by atoms with Gasteiger partial charge in [0.25, 0.3) is 0 Å². The zero-order chi connectivity index (χ0) is 18.5. The van der Waals surface area contributed by atoms with Crippen molar-refractivity contribution < 1.29 is 4.42 Å². The minimum atomic E-state index is 0.913. The molecule has 2 aromatic heterocycles. The highest BCUT2D eigenvalue weighted by Crippen LogP contribution is 2.37. The van der Waals surface area contributed by atoms with E-state index in [0.717, 1.165) is 16.7 Å². The molecule has 0 unspecified atom stereocenters. The molecule has 0 N–H and O–H groups in total. The molecule has 4 aromatic carbocycles. The van der Waals surface area contributed by atoms with Crippen molar-refractivity contribution in [2.75, 3.05) is 0 Å². The first-order valence-electron chi connectivity index (χ1n) is 9.45. The fraction of sp³-hybridized carbons (Fsp3) is 0. The summed E-state index contributed by atoms with van der Waals surface area (Å²) in [6, 6.07) is 34.1. The van der Waals surface area contributed by atoms with Crippen molar-refractivity contribution in [3.05, 3.63) is 103 Å². The molecule has 0 saturated heterocycles. The topological polar surface area (TPSA) is 18.1 Å². The molecule has 6 rings (SSSR count). The summed E-state index contributed by atoms with van der Waals surface area (Å²) in [7, 11) is 0. The van der Waals surface area contributed by atoms with E-state index in [1.165, 1.54) is 32.9 Å². The van der Waals surface area contributed by atoms with Crippen LogP contribution in [0.25, 0.3) is 49.6 Å². The van der Waals surface area contributed by atoms with Gasteiger partial charge in [-0.3, -0.25) is 0 Å². The molecule has 0 saturated carbocycles. The summed E-state index contributed by atoms with van der Waals surface area (Å²) < 4.78 is 8.05. The van der Waals surface area contributed by atoms with Crippen molar-refractivity contribution in [3.8, 4) is 16.8 Å². The molecule has 2 nitrogen and oxygen atoms in total. The van der Waals surface area contributed by atoms with Gasteiger partial charge in [-0.2, -0.15) is 0 Å². The predicted octanol–water partition coefficient (Wildman–Crippen LogP) is 7.20. The van der Waals surface area contributed by atoms with Gasteiger partial charge < -0.3 is 8.98 Å². The molecular formula is C26H17NO. The molecule has 0 amide bonds. The van der Waals surface area contributed by atoms with Gasteiger partial charge in [-0.15, -0.1) is 0 Å². The molecule has 0 aliphatic carbocycles. The van der Waals surface area contributed by atoms with Gasteiger partial charge >= 0.3 is 0 Å². The Labute approximate surface area is 162 Å². The van der Waals surface area contributed by atoms with E-state index in [4.69, 9.17) is 4.42 Å². The van der Waals surface area contributed by atoms with E-state index < -0.39 is 0 Å². The van der Waals surface area contributed by atoms with Crippen LogP contribution in [0.5, 0.6) is 0 Å². The van der Waals surface area contributed by atoms with Gasteiger partial charge in [0.2, 0.25) is 0 Å². The largest absolute Gasteiger partial charge is 0.464 e. The maximum Gasteiger partial charge on any atom is 0.136 e. The van der Waals surface area contributed by atoms with E-state index in [0.29, 0.717) is 0 Å². The summed E-state index contributed by atoms with van der Waals surface area (Å²) in [6.07, 6.45) is 1.77. The molecule has 0 aliphatic heterocycles. The lowest BCUT2D eigenvalue weighted by molar-refractivity contribution is 0.616. The molecule has 0 bridgehead atoms. The highest BCUT2D eigenvalue weighted by molar-refractivity contribution is 6.17. The number of rotatable bonds is 2. The minimum absolute atomic E-state index is 0.913. The van der Waals surface area contributed by atoms with Gasteiger partial charge in [-0.1, -0.05) is 60.7 Å². The number of para-hydroxylation sites is 1. The minimum Gasteiger partial charge on any atom is -0.464 e. The van der Waals surface area contributed by atoms with Crippen LogP contribution in [0.1, 0.15) is 0 Å². The Morgan fingerprint density at radius 1 is 0.571 bits per heavy atom. The van der Waals surface area contributed by atoms with Gasteiger partial charge in [0, 0.05) is 21.8 Å². The van der Waals surface area contributed by atoms with Crippen LogP contribution in [0.15, 0.2) is 108 Å². The van der Waals surface area contributed by atoms with Crippen molar-refractivity contribution >= 4 is 32.8 Å². The second kappa shape index (κ2) is 5.86. The standard InChI is InChI=1S/C26H17NO/c1-2-7-18(8-3-1)19-9-6-10-20(17-19)27-24-12-5-4-11-21(24)22-13-14-25-23(26(22)27)15-16-28-25/h1-17H. The van der Waals surface area contributed by atoms with Crippen molar-refractivity contribution in [1.82, 2.24) is 4.57 Å². The molecule has 0 atom stereocenters. The van der Waals surface area contributed by atoms with E-state index >= 15 is 0 Å². The fourth-order valence-corrected chi connectivity index (χ4v) is 4.23. The summed E-state index contributed by atoms with van der Waals surface area (Å²) in [4.78, 5) is 0. The Hall–Kier alpha value is -3.78. The summed E-state index contributed by atoms with van der Waals surface area (Å²) in [5.74, 6) is 0. The van der Waals surface area contributed by atoms with Crippen LogP contribution >= 0.6 is 0 Å². The first kappa shape index (κ1) is 15.3. The lowest BCUT2D eigenvalue weighted by atomic mass is 10.1. The Bertz CT molecular complexity index is 1450. The third kappa shape index (κ3) is 2.15. The second-order valence-electron chi connectivity index (χ2n) is 7.06. The number of hydrogen-bond donors (Lipinski definition) is 0. The number of fused-ring (bicyclic) bond motifs is 5. The van der Waals surface area contributed by atoms with Crippen LogP contribution in [-0.4, -0.2) is 4.57 Å². The normalized spacial score (nSPS) is 11.6. The molecule has 6 aromatic rings. The Balaban J connectivity index is 1.73. The number of furan rings is 1. The average Bonchev–Trinajstić information content (AvgIpc) is 3.37. The van der Waals surface area contributed by atoms with E-state index in [1.54, 1.807) is 6.26 Å². The highest BCUT2D eigenvalue weighted by Gasteiger charge is 2.16. The van der Waals surface area contributed by atoms with Crippen molar-refractivity contribution in [2.24, 2.45) is 0 Å². The predicted molar refractivity (Wildman–Crippen MR) is 116 cm³/mol. The van der Waals surface area contributed by atoms with Gasteiger partial charge in [0.15, 0.2) is 0 Å². The van der Waals surface area contributed by atoms with Crippen LogP contribution < -0.4 is 0 Å². The van der Waals surface area contributed by atoms with E-state index in [9.17, 15) is 0 Å². The molecular weight excluding hydrogens is 342 g/mol. The van der Waals surface area contributed by atoms with Gasteiger partial charge in [-0.05, 0) is 47.5 Å². The maximum atomic E-state index is 5.69. The molecule has 132 valence electrons. The fourth-order valence-electron chi connectivity index (χ4n) is 4.23. The third-order valence-electron chi connectivity index (χ3n) is 5.48. The molecule has 2 heterocycles. The number of nitrogens with zero attached hydrogens (tertiary/aromatic N) is 1. The zero-order valence-electron chi connectivity index (χ0n) is 15.2. The van der Waals surface area contributed by atoms with Crippen LogP contribution in [-0.2, 0) is 0 Å². The van der Waals surface area contributed by atoms with Crippen molar-refractivity contribution in [3.63, 3.8) is 0 Å². The van der Waals surface area contributed by atoms with Crippen molar-refractivity contribution in [2.45, 2.75) is 0 Å². The Morgan fingerprint density at radius 3 is 2.32 bits per heavy atom. The van der Waals surface area contributed by atoms with Crippen LogP contribution in [0.4, 0.5) is 0 Å². The van der Waals surface area contributed by atoms with Gasteiger partial charge in [0.05, 0.1) is 17.3 Å². The average molecular weight is 359 g/mol. The molecule has 0 fully saturated rings. The van der Waals surface area contributed by atoms with E-state index in [-0.39, 0.29) is 0 Å². The zero-order valence-corrected chi connectivity index (χ0v) is 15.2. The monoisotopic (exact) mass is 359 g/mol. The smallest absolute Gasteiger partial charge is 0.136 e. The quantitative estimate of drug-likeness (QED) is 0.320. The second-order valence-corrected chi connectivity index (χ2v) is 7.06. The Morgan fingerprint density at radius 2 is 1.39 bits per heavy atom. The van der Waals surface area contributed by atoms with Crippen LogP contribution in [0.3, 0.4) is 0 Å². The van der Waals surface area contributed by atoms with E-state index in [2.05, 4.69) is 102 Å². The summed E-state index contributed by atoms with van der Waals surface area (Å²) in [5, 5.41) is 3.64. The van der Waals surface area contributed by atoms with Gasteiger partial charge in [0.1, 0.15) is 5.58 Å². The SMILES string of the molecule is c1ccc(-c2cccc(-n3c4ccccc4c4ccc5occc5c43)c2)cc1. The summed E-state index contributed by atoms with van der Waals surface area (Å²) >= 11 is 0. The maximum absolute atomic E-state index is 5.69. The molecule has 28 heavy (non-hydrogen) atoms. The van der Waals surface area contributed by atoms with Crippen LogP contribution in [0.2, 0.25) is 0 Å². The first-order valence-corrected chi connectivity index (χ1v) is 9.45. The summed E-state index contributed by atoms with van der Waals surface area (Å²) in [6.45, 7) is 0. The highest BCUT2D eigenvalue weighted by atomic mass is 16.3. The number of benzene rings is 4. The molecule has 0 spiro atoms. The van der Waals surface area contributed by atoms with Crippen molar-refractivity contribution in [1.29, 1.82) is 0 Å². The summed E-state index contributed by atoms with van der Waals surface area (Å²) in [5.41, 5.74) is 6.90. The number of aromatic nitrogens is 1. The first-order chi connectivity index (χ1) is 13.9. The number of hydrogen-bond acceptors (Lipinski definition) is 1. The molecule has 0 aliphatic rings. The Kier molecular flexibility index (Phi) is 3.20. The van der Waals surface area contributed by atoms with Gasteiger partial charge in [-0.25, -0.2) is 0 Å². The lowest BCUT2D eigenvalue weighted by Crippen LogP contribution is -1.94. The van der Waals surface area contributed by atoms with E-state index in [1.807, 2.05) is 0 Å². The third-order valence-corrected chi connectivity index (χ3v) is 5.48. The lowest BCUT2D eigenvalue weighted by Gasteiger charge is -2.10. The molecule has 2 heteroatoms. The molecule has 0 radical (unpaired) electrons. The van der Waals surface area contributed by atoms with Crippen LogP contribution in [0, 0.1) is 0 Å².